The minimum absolute atomic E-state index is 0.286. The number of nitriles is 1. The Balaban J connectivity index is 3.48. The Morgan fingerprint density at radius 3 is 2.29 bits per heavy atom. The van der Waals surface area contributed by atoms with Gasteiger partial charge < -0.3 is 10.2 Å². The Hall–Kier alpha value is -2.13. The Bertz CT molecular complexity index is 524. The minimum Gasteiger partial charge on any atom is -0.480 e. The predicted molar refractivity (Wildman–Crippen MR) is 54.1 cm³/mol. The van der Waals surface area contributed by atoms with Crippen molar-refractivity contribution in [3.63, 3.8) is 0 Å². The number of carboxylic acid groups (broad SMARTS) is 2. The average Bonchev–Trinajstić information content (AvgIpc) is 2.22. The zero-order valence-corrected chi connectivity index (χ0v) is 8.90. The zero-order valence-electron chi connectivity index (χ0n) is 8.15. The fraction of sp³-hybridized carbons (Fsp3) is 0.100. The van der Waals surface area contributed by atoms with Crippen LogP contribution < -0.4 is 0 Å². The van der Waals surface area contributed by atoms with Gasteiger partial charge in [-0.05, 0) is 17.7 Å². The molecule has 0 bridgehead atoms. The van der Waals surface area contributed by atoms with Gasteiger partial charge in [0.05, 0.1) is 16.7 Å². The predicted octanol–water partition coefficient (Wildman–Crippen LogP) is 1.60. The van der Waals surface area contributed by atoms with Crippen LogP contribution in [0.25, 0.3) is 0 Å². The molecule has 1 aromatic carbocycles. The van der Waals surface area contributed by atoms with E-state index in [1.807, 2.05) is 0 Å². The van der Waals surface area contributed by atoms with E-state index in [9.17, 15) is 14.0 Å². The highest BCUT2D eigenvalue weighted by Crippen LogP contribution is 2.26. The summed E-state index contributed by atoms with van der Waals surface area (Å²) in [5, 5.41) is 25.8. The molecule has 7 heteroatoms. The maximum atomic E-state index is 13.2. The van der Waals surface area contributed by atoms with Gasteiger partial charge in [-0.1, -0.05) is 11.6 Å². The van der Waals surface area contributed by atoms with Crippen LogP contribution in [-0.4, -0.2) is 22.2 Å². The average molecular weight is 258 g/mol. The minimum atomic E-state index is -2.00. The van der Waals surface area contributed by atoms with Crippen LogP contribution in [0, 0.1) is 17.1 Å². The number of aliphatic carboxylic acids is 2. The molecule has 0 heterocycles. The van der Waals surface area contributed by atoms with Crippen LogP contribution in [0.1, 0.15) is 17.0 Å². The van der Waals surface area contributed by atoms with E-state index in [1.165, 1.54) is 0 Å². The van der Waals surface area contributed by atoms with E-state index in [1.54, 1.807) is 6.07 Å². The molecule has 17 heavy (non-hydrogen) atoms. The highest BCUT2D eigenvalue weighted by molar-refractivity contribution is 6.30. The van der Waals surface area contributed by atoms with Gasteiger partial charge in [-0.2, -0.15) is 5.26 Å². The van der Waals surface area contributed by atoms with Gasteiger partial charge in [0.15, 0.2) is 5.92 Å². The highest BCUT2D eigenvalue weighted by Gasteiger charge is 2.31. The molecular formula is C10H5ClFNO4. The molecule has 5 nitrogen and oxygen atoms in total. The summed E-state index contributed by atoms with van der Waals surface area (Å²) in [5.74, 6) is -6.35. The number of nitrogens with zero attached hydrogens (tertiary/aromatic N) is 1. The molecule has 0 saturated heterocycles. The third-order valence-corrected chi connectivity index (χ3v) is 2.31. The Labute approximate surface area is 99.7 Å². The van der Waals surface area contributed by atoms with Crippen molar-refractivity contribution in [2.75, 3.05) is 0 Å². The Morgan fingerprint density at radius 2 is 1.88 bits per heavy atom. The topological polar surface area (TPSA) is 98.4 Å². The quantitative estimate of drug-likeness (QED) is 0.802. The lowest BCUT2D eigenvalue weighted by Gasteiger charge is -2.10. The van der Waals surface area contributed by atoms with Gasteiger partial charge in [0.1, 0.15) is 5.82 Å². The molecule has 0 aliphatic rings. The SMILES string of the molecule is N#Cc1cc(Cl)c(F)cc1C(C(=O)O)C(=O)O. The summed E-state index contributed by atoms with van der Waals surface area (Å²) in [6, 6.07) is 3.12. The summed E-state index contributed by atoms with van der Waals surface area (Å²) in [6.07, 6.45) is 0. The lowest BCUT2D eigenvalue weighted by atomic mass is 9.94. The van der Waals surface area contributed by atoms with Gasteiger partial charge in [-0.3, -0.25) is 9.59 Å². The first-order valence-electron chi connectivity index (χ1n) is 4.23. The van der Waals surface area contributed by atoms with E-state index < -0.39 is 29.2 Å². The summed E-state index contributed by atoms with van der Waals surface area (Å²) in [5.41, 5.74) is -0.722. The normalized spacial score (nSPS) is 10.0. The fourth-order valence-corrected chi connectivity index (χ4v) is 1.43. The molecule has 0 fully saturated rings. The fourth-order valence-electron chi connectivity index (χ4n) is 1.27. The highest BCUT2D eigenvalue weighted by atomic mass is 35.5. The van der Waals surface area contributed by atoms with E-state index in [4.69, 9.17) is 27.1 Å². The van der Waals surface area contributed by atoms with Gasteiger partial charge in [-0.15, -0.1) is 0 Å². The first-order valence-corrected chi connectivity index (χ1v) is 4.61. The molecule has 0 amide bonds. The Kier molecular flexibility index (Phi) is 3.66. The molecule has 1 aromatic rings. The summed E-state index contributed by atoms with van der Waals surface area (Å²) >= 11 is 5.41. The van der Waals surface area contributed by atoms with Crippen molar-refractivity contribution in [2.45, 2.75) is 5.92 Å². The number of hydrogen-bond acceptors (Lipinski definition) is 3. The van der Waals surface area contributed by atoms with Crippen molar-refractivity contribution < 1.29 is 24.2 Å². The van der Waals surface area contributed by atoms with Crippen LogP contribution in [0.15, 0.2) is 12.1 Å². The molecule has 2 N–H and O–H groups in total. The van der Waals surface area contributed by atoms with Crippen LogP contribution in [-0.2, 0) is 9.59 Å². The van der Waals surface area contributed by atoms with Crippen molar-refractivity contribution in [1.82, 2.24) is 0 Å². The number of rotatable bonds is 3. The molecule has 0 radical (unpaired) electrons. The van der Waals surface area contributed by atoms with Gasteiger partial charge in [0, 0.05) is 0 Å². The molecule has 0 aliphatic heterocycles. The van der Waals surface area contributed by atoms with E-state index in [0.29, 0.717) is 6.07 Å². The molecule has 0 atom stereocenters. The molecule has 0 saturated carbocycles. The third-order valence-electron chi connectivity index (χ3n) is 2.02. The number of carboxylic acids is 2. The number of halogens is 2. The largest absolute Gasteiger partial charge is 0.480 e. The summed E-state index contributed by atoms with van der Waals surface area (Å²) in [4.78, 5) is 21.5. The zero-order chi connectivity index (χ0) is 13.2. The molecule has 0 unspecified atom stereocenters. The van der Waals surface area contributed by atoms with Gasteiger partial charge in [-0.25, -0.2) is 4.39 Å². The first-order chi connectivity index (χ1) is 7.88. The first kappa shape index (κ1) is 12.9. The molecular weight excluding hydrogens is 253 g/mol. The summed E-state index contributed by atoms with van der Waals surface area (Å²) in [6.45, 7) is 0. The monoisotopic (exact) mass is 257 g/mol. The molecule has 0 aromatic heterocycles. The van der Waals surface area contributed by atoms with Crippen LogP contribution in [0.2, 0.25) is 5.02 Å². The third kappa shape index (κ3) is 2.52. The second-order valence-corrected chi connectivity index (χ2v) is 3.48. The number of benzene rings is 1. The van der Waals surface area contributed by atoms with E-state index in [0.717, 1.165) is 6.07 Å². The molecule has 1 rings (SSSR count). The van der Waals surface area contributed by atoms with Crippen molar-refractivity contribution in [3.8, 4) is 6.07 Å². The summed E-state index contributed by atoms with van der Waals surface area (Å²) < 4.78 is 13.2. The maximum Gasteiger partial charge on any atom is 0.322 e. The molecule has 0 aliphatic carbocycles. The second-order valence-electron chi connectivity index (χ2n) is 3.07. The smallest absolute Gasteiger partial charge is 0.322 e. The van der Waals surface area contributed by atoms with Crippen molar-refractivity contribution >= 4 is 23.5 Å². The van der Waals surface area contributed by atoms with E-state index in [-0.39, 0.29) is 10.6 Å². The standard InChI is InChI=1S/C10H5ClFNO4/c11-6-1-4(3-13)5(2-7(6)12)8(9(14)15)10(16)17/h1-2,8H,(H,14,15)(H,16,17). The summed E-state index contributed by atoms with van der Waals surface area (Å²) in [7, 11) is 0. The second kappa shape index (κ2) is 4.80. The maximum absolute atomic E-state index is 13.2. The van der Waals surface area contributed by atoms with E-state index >= 15 is 0 Å². The Morgan fingerprint density at radius 1 is 1.35 bits per heavy atom. The van der Waals surface area contributed by atoms with Gasteiger partial charge in [0.2, 0.25) is 0 Å². The number of carbonyl (C=O) groups is 2. The number of hydrogen-bond donors (Lipinski definition) is 2. The van der Waals surface area contributed by atoms with Gasteiger partial charge >= 0.3 is 11.9 Å². The lowest BCUT2D eigenvalue weighted by molar-refractivity contribution is -0.150. The van der Waals surface area contributed by atoms with Crippen molar-refractivity contribution in [3.05, 3.63) is 34.1 Å². The van der Waals surface area contributed by atoms with Crippen LogP contribution in [0.4, 0.5) is 4.39 Å². The molecule has 0 spiro atoms. The van der Waals surface area contributed by atoms with Crippen LogP contribution in [0.5, 0.6) is 0 Å². The van der Waals surface area contributed by atoms with Gasteiger partial charge in [0.25, 0.3) is 0 Å². The van der Waals surface area contributed by atoms with Crippen LogP contribution >= 0.6 is 11.6 Å². The molecule has 88 valence electrons. The lowest BCUT2D eigenvalue weighted by Crippen LogP contribution is -2.22. The van der Waals surface area contributed by atoms with Crippen molar-refractivity contribution in [2.24, 2.45) is 0 Å². The van der Waals surface area contributed by atoms with Crippen molar-refractivity contribution in [1.29, 1.82) is 5.26 Å². The van der Waals surface area contributed by atoms with E-state index in [2.05, 4.69) is 0 Å². The van der Waals surface area contributed by atoms with Crippen LogP contribution in [0.3, 0.4) is 0 Å².